The van der Waals surface area contributed by atoms with E-state index in [4.69, 9.17) is 11.6 Å². The van der Waals surface area contributed by atoms with Crippen LogP contribution in [-0.2, 0) is 16.4 Å². The van der Waals surface area contributed by atoms with Crippen molar-refractivity contribution in [2.24, 2.45) is 0 Å². The average Bonchev–Trinajstić information content (AvgIpc) is 2.15. The van der Waals surface area contributed by atoms with Gasteiger partial charge in [-0.05, 0) is 30.5 Å². The second kappa shape index (κ2) is 4.73. The van der Waals surface area contributed by atoms with E-state index in [1.165, 1.54) is 4.31 Å². The van der Waals surface area contributed by atoms with Gasteiger partial charge in [-0.1, -0.05) is 12.1 Å². The minimum atomic E-state index is -3.23. The molecule has 0 spiro atoms. The monoisotopic (exact) mass is 259 g/mol. The van der Waals surface area contributed by atoms with E-state index in [0.29, 0.717) is 23.9 Å². The van der Waals surface area contributed by atoms with Crippen molar-refractivity contribution in [3.8, 4) is 0 Å². The van der Waals surface area contributed by atoms with Crippen molar-refractivity contribution in [2.45, 2.75) is 17.7 Å². The molecule has 0 saturated carbocycles. The molecule has 3 nitrogen and oxygen atoms in total. The van der Waals surface area contributed by atoms with Crippen molar-refractivity contribution >= 4 is 21.6 Å². The first-order chi connectivity index (χ1) is 7.64. The van der Waals surface area contributed by atoms with Crippen LogP contribution in [0.15, 0.2) is 29.2 Å². The smallest absolute Gasteiger partial charge is 0.207 e. The zero-order valence-electron chi connectivity index (χ0n) is 8.89. The van der Waals surface area contributed by atoms with Gasteiger partial charge in [-0.15, -0.1) is 11.6 Å². The van der Waals surface area contributed by atoms with Gasteiger partial charge in [0.25, 0.3) is 0 Å². The number of hydrogen-bond acceptors (Lipinski definition) is 2. The van der Waals surface area contributed by atoms with Gasteiger partial charge in [0.05, 0.1) is 4.90 Å². The summed E-state index contributed by atoms with van der Waals surface area (Å²) < 4.78 is 25.5. The molecular formula is C11H14ClNO2S. The van der Waals surface area contributed by atoms with Gasteiger partial charge in [-0.3, -0.25) is 0 Å². The van der Waals surface area contributed by atoms with Gasteiger partial charge >= 0.3 is 0 Å². The highest BCUT2D eigenvalue weighted by Gasteiger charge is 2.28. The number of nitrogens with zero attached hydrogens (tertiary/aromatic N) is 1. The molecule has 1 saturated heterocycles. The molecule has 0 N–H and O–H groups in total. The predicted molar refractivity (Wildman–Crippen MR) is 64.2 cm³/mol. The Balaban J connectivity index is 2.20. The Morgan fingerprint density at radius 2 is 1.81 bits per heavy atom. The van der Waals surface area contributed by atoms with E-state index >= 15 is 0 Å². The van der Waals surface area contributed by atoms with Crippen LogP contribution >= 0.6 is 11.6 Å². The van der Waals surface area contributed by atoms with E-state index in [2.05, 4.69) is 0 Å². The van der Waals surface area contributed by atoms with Crippen molar-refractivity contribution in [1.82, 2.24) is 4.31 Å². The predicted octanol–water partition coefficient (Wildman–Crippen LogP) is 1.86. The molecule has 0 amide bonds. The molecule has 5 heteroatoms. The molecule has 1 fully saturated rings. The molecule has 1 aliphatic rings. The molecule has 0 unspecified atom stereocenters. The van der Waals surface area contributed by atoms with Crippen LogP contribution in [0.4, 0.5) is 0 Å². The van der Waals surface area contributed by atoms with E-state index in [1.54, 1.807) is 12.1 Å². The summed E-state index contributed by atoms with van der Waals surface area (Å²) in [5, 5.41) is 0. The second-order valence-electron chi connectivity index (χ2n) is 3.84. The van der Waals surface area contributed by atoms with Crippen LogP contribution in [0.1, 0.15) is 12.0 Å². The summed E-state index contributed by atoms with van der Waals surface area (Å²) in [6.07, 6.45) is 1.73. The highest BCUT2D eigenvalue weighted by atomic mass is 35.5. The number of aryl methyl sites for hydroxylation is 1. The summed E-state index contributed by atoms with van der Waals surface area (Å²) in [6, 6.07) is 6.98. The van der Waals surface area contributed by atoms with Crippen LogP contribution in [0.25, 0.3) is 0 Å². The fourth-order valence-electron chi connectivity index (χ4n) is 1.61. The second-order valence-corrected chi connectivity index (χ2v) is 6.16. The van der Waals surface area contributed by atoms with Crippen molar-refractivity contribution in [3.05, 3.63) is 29.8 Å². The Bertz CT molecular complexity index is 451. The zero-order chi connectivity index (χ0) is 11.6. The van der Waals surface area contributed by atoms with Gasteiger partial charge in [0, 0.05) is 19.0 Å². The number of rotatable bonds is 4. The number of alkyl halides is 1. The lowest BCUT2D eigenvalue weighted by atomic mass is 10.2. The molecule has 1 heterocycles. The summed E-state index contributed by atoms with van der Waals surface area (Å²) in [6.45, 7) is 1.29. The van der Waals surface area contributed by atoms with Crippen molar-refractivity contribution in [1.29, 1.82) is 0 Å². The topological polar surface area (TPSA) is 37.4 Å². The fraction of sp³-hybridized carbons (Fsp3) is 0.455. The maximum absolute atomic E-state index is 12.0. The van der Waals surface area contributed by atoms with Crippen LogP contribution in [-0.4, -0.2) is 31.7 Å². The van der Waals surface area contributed by atoms with E-state index < -0.39 is 10.0 Å². The number of sulfonamides is 1. The summed E-state index contributed by atoms with van der Waals surface area (Å²) in [7, 11) is -3.23. The van der Waals surface area contributed by atoms with Crippen LogP contribution < -0.4 is 0 Å². The van der Waals surface area contributed by atoms with Gasteiger partial charge in [-0.25, -0.2) is 8.42 Å². The van der Waals surface area contributed by atoms with Gasteiger partial charge in [0.2, 0.25) is 10.0 Å². The normalized spacial score (nSPS) is 17.1. The number of hydrogen-bond donors (Lipinski definition) is 0. The molecule has 0 aromatic heterocycles. The highest BCUT2D eigenvalue weighted by molar-refractivity contribution is 7.89. The Hall–Kier alpha value is -0.580. The van der Waals surface area contributed by atoms with Crippen LogP contribution in [0.2, 0.25) is 0 Å². The standard InChI is InChI=1S/C11H14ClNO2S/c12-7-6-10-2-4-11(5-3-10)16(14,15)13-8-1-9-13/h2-5H,1,6-9H2. The van der Waals surface area contributed by atoms with E-state index in [1.807, 2.05) is 12.1 Å². The summed E-state index contributed by atoms with van der Waals surface area (Å²) in [5.41, 5.74) is 1.07. The van der Waals surface area contributed by atoms with Gasteiger partial charge in [0.15, 0.2) is 0 Å². The number of halogens is 1. The maximum Gasteiger partial charge on any atom is 0.243 e. The van der Waals surface area contributed by atoms with Gasteiger partial charge < -0.3 is 0 Å². The Labute approximate surface area is 101 Å². The van der Waals surface area contributed by atoms with Gasteiger partial charge in [0.1, 0.15) is 0 Å². The molecule has 1 aromatic carbocycles. The molecule has 0 atom stereocenters. The Morgan fingerprint density at radius 3 is 2.25 bits per heavy atom. The van der Waals surface area contributed by atoms with E-state index in [-0.39, 0.29) is 0 Å². The zero-order valence-corrected chi connectivity index (χ0v) is 10.5. The molecule has 0 bridgehead atoms. The lowest BCUT2D eigenvalue weighted by Gasteiger charge is -2.29. The fourth-order valence-corrected chi connectivity index (χ4v) is 3.35. The summed E-state index contributed by atoms with van der Waals surface area (Å²) in [5.74, 6) is 0.554. The van der Waals surface area contributed by atoms with Crippen molar-refractivity contribution < 1.29 is 8.42 Å². The first-order valence-corrected chi connectivity index (χ1v) is 7.27. The van der Waals surface area contributed by atoms with Gasteiger partial charge in [-0.2, -0.15) is 4.31 Å². The maximum atomic E-state index is 12.0. The average molecular weight is 260 g/mol. The minimum Gasteiger partial charge on any atom is -0.207 e. The number of benzene rings is 1. The summed E-state index contributed by atoms with van der Waals surface area (Å²) >= 11 is 5.62. The molecule has 16 heavy (non-hydrogen) atoms. The Kier molecular flexibility index (Phi) is 3.52. The molecular weight excluding hydrogens is 246 g/mol. The van der Waals surface area contributed by atoms with E-state index in [0.717, 1.165) is 18.4 Å². The molecule has 1 aromatic rings. The quantitative estimate of drug-likeness (QED) is 0.774. The lowest BCUT2D eigenvalue weighted by Crippen LogP contribution is -2.41. The largest absolute Gasteiger partial charge is 0.243 e. The van der Waals surface area contributed by atoms with Crippen molar-refractivity contribution in [2.75, 3.05) is 19.0 Å². The van der Waals surface area contributed by atoms with Crippen molar-refractivity contribution in [3.63, 3.8) is 0 Å². The SMILES string of the molecule is O=S(=O)(c1ccc(CCCl)cc1)N1CCC1. The van der Waals surface area contributed by atoms with Crippen LogP contribution in [0, 0.1) is 0 Å². The third-order valence-corrected chi connectivity index (χ3v) is 4.86. The Morgan fingerprint density at radius 1 is 1.19 bits per heavy atom. The highest BCUT2D eigenvalue weighted by Crippen LogP contribution is 2.21. The minimum absolute atomic E-state index is 0.380. The van der Waals surface area contributed by atoms with Crippen LogP contribution in [0.3, 0.4) is 0 Å². The molecule has 88 valence electrons. The molecule has 1 aliphatic heterocycles. The molecule has 0 aliphatic carbocycles. The molecule has 2 rings (SSSR count). The first kappa shape index (κ1) is 11.9. The summed E-state index contributed by atoms with van der Waals surface area (Å²) in [4.78, 5) is 0.380. The lowest BCUT2D eigenvalue weighted by molar-refractivity contribution is 0.309. The third kappa shape index (κ3) is 2.24. The third-order valence-electron chi connectivity index (χ3n) is 2.76. The van der Waals surface area contributed by atoms with E-state index in [9.17, 15) is 8.42 Å². The first-order valence-electron chi connectivity index (χ1n) is 5.29. The molecule has 0 radical (unpaired) electrons. The van der Waals surface area contributed by atoms with Crippen LogP contribution in [0.5, 0.6) is 0 Å².